The molecule has 0 aromatic carbocycles. The molecule has 8 heteroatoms. The van der Waals surface area contributed by atoms with Crippen LogP contribution < -0.4 is 5.43 Å². The number of rotatable bonds is 4. The fourth-order valence-corrected chi connectivity index (χ4v) is 1.38. The number of hydrogen-bond donors (Lipinski definition) is 1. The molecule has 2 aromatic rings. The molecular weight excluding hydrogens is 253 g/mol. The summed E-state index contributed by atoms with van der Waals surface area (Å²) in [4.78, 5) is 11.5. The van der Waals surface area contributed by atoms with Crippen LogP contribution in [0.3, 0.4) is 0 Å². The van der Waals surface area contributed by atoms with E-state index in [1.54, 1.807) is 13.8 Å². The van der Waals surface area contributed by atoms with Gasteiger partial charge in [-0.1, -0.05) is 5.16 Å². The van der Waals surface area contributed by atoms with E-state index >= 15 is 0 Å². The van der Waals surface area contributed by atoms with Gasteiger partial charge in [-0.25, -0.2) is 10.1 Å². The Balaban J connectivity index is 2.00. The van der Waals surface area contributed by atoms with Crippen molar-refractivity contribution >= 4 is 12.1 Å². The van der Waals surface area contributed by atoms with Gasteiger partial charge in [0.15, 0.2) is 5.69 Å². The summed E-state index contributed by atoms with van der Waals surface area (Å²) in [6, 6.07) is 1.47. The minimum Gasteiger partial charge on any atom is -0.361 e. The van der Waals surface area contributed by atoms with E-state index in [9.17, 15) is 9.18 Å². The Hall–Kier alpha value is -2.51. The van der Waals surface area contributed by atoms with Gasteiger partial charge >= 0.3 is 0 Å². The Morgan fingerprint density at radius 2 is 2.47 bits per heavy atom. The summed E-state index contributed by atoms with van der Waals surface area (Å²) in [5.74, 6) is -0.515. The van der Waals surface area contributed by atoms with Crippen LogP contribution in [0.5, 0.6) is 0 Å². The van der Waals surface area contributed by atoms with Crippen molar-refractivity contribution < 1.29 is 13.7 Å². The number of carbonyl (C=O) groups excluding carboxylic acids is 1. The first-order valence-electron chi connectivity index (χ1n) is 5.60. The smallest absolute Gasteiger partial charge is 0.293 e. The molecule has 0 aliphatic heterocycles. The van der Waals surface area contributed by atoms with E-state index < -0.39 is 11.9 Å². The maximum atomic E-state index is 13.6. The molecule has 0 spiro atoms. The van der Waals surface area contributed by atoms with Crippen LogP contribution in [0.25, 0.3) is 0 Å². The molecule has 0 fully saturated rings. The number of aryl methyl sites for hydroxylation is 2. The van der Waals surface area contributed by atoms with E-state index in [0.717, 1.165) is 0 Å². The number of nitrogens with one attached hydrogen (secondary N) is 1. The van der Waals surface area contributed by atoms with Crippen LogP contribution >= 0.6 is 0 Å². The topological polar surface area (TPSA) is 85.3 Å². The monoisotopic (exact) mass is 265 g/mol. The average Bonchev–Trinajstić information content (AvgIpc) is 2.97. The molecule has 0 saturated heterocycles. The highest BCUT2D eigenvalue weighted by Crippen LogP contribution is 2.03. The number of amides is 1. The van der Waals surface area contributed by atoms with Gasteiger partial charge in [-0.3, -0.25) is 4.79 Å². The van der Waals surface area contributed by atoms with Crippen LogP contribution in [0.4, 0.5) is 4.39 Å². The molecule has 0 unspecified atom stereocenters. The summed E-state index contributed by atoms with van der Waals surface area (Å²) >= 11 is 0. The first-order chi connectivity index (χ1) is 9.11. The van der Waals surface area contributed by atoms with Gasteiger partial charge in [-0.05, 0) is 13.8 Å². The van der Waals surface area contributed by atoms with Crippen molar-refractivity contribution in [2.45, 2.75) is 20.4 Å². The molecule has 0 saturated carbocycles. The Labute approximate surface area is 108 Å². The number of hydrogen-bond acceptors (Lipinski definition) is 5. The first-order valence-corrected chi connectivity index (χ1v) is 5.60. The van der Waals surface area contributed by atoms with E-state index in [0.29, 0.717) is 12.3 Å². The zero-order valence-electron chi connectivity index (χ0n) is 10.4. The van der Waals surface area contributed by atoms with Crippen LogP contribution in [0.2, 0.25) is 0 Å². The zero-order valence-corrected chi connectivity index (χ0v) is 10.4. The van der Waals surface area contributed by atoms with Gasteiger partial charge in [0.1, 0.15) is 5.76 Å². The summed E-state index contributed by atoms with van der Waals surface area (Å²) in [6.07, 6.45) is 2.51. The molecule has 0 atom stereocenters. The van der Waals surface area contributed by atoms with E-state index in [4.69, 9.17) is 4.52 Å². The molecule has 0 radical (unpaired) electrons. The highest BCUT2D eigenvalue weighted by Gasteiger charge is 2.10. The maximum Gasteiger partial charge on any atom is 0.293 e. The van der Waals surface area contributed by atoms with Crippen molar-refractivity contribution in [3.8, 4) is 0 Å². The fraction of sp³-hybridized carbons (Fsp3) is 0.273. The molecular formula is C11H12FN5O2. The number of halogens is 1. The van der Waals surface area contributed by atoms with Gasteiger partial charge in [-0.2, -0.15) is 14.6 Å². The summed E-state index contributed by atoms with van der Waals surface area (Å²) in [7, 11) is 0. The van der Waals surface area contributed by atoms with Crippen molar-refractivity contribution in [1.82, 2.24) is 20.4 Å². The minimum atomic E-state index is -0.531. The van der Waals surface area contributed by atoms with Crippen LogP contribution in [-0.4, -0.2) is 27.1 Å². The van der Waals surface area contributed by atoms with Crippen molar-refractivity contribution in [2.24, 2.45) is 5.10 Å². The van der Waals surface area contributed by atoms with E-state index in [1.807, 2.05) is 0 Å². The molecule has 2 heterocycles. The van der Waals surface area contributed by atoms with Crippen LogP contribution in [0, 0.1) is 12.9 Å². The van der Waals surface area contributed by atoms with Crippen LogP contribution in [-0.2, 0) is 6.54 Å². The predicted octanol–water partition coefficient (Wildman–Crippen LogP) is 1.10. The fourth-order valence-electron chi connectivity index (χ4n) is 1.38. The van der Waals surface area contributed by atoms with Gasteiger partial charge in [0, 0.05) is 12.6 Å². The summed E-state index contributed by atoms with van der Waals surface area (Å²) < 4.78 is 19.5. The molecule has 7 nitrogen and oxygen atoms in total. The second-order valence-corrected chi connectivity index (χ2v) is 3.73. The van der Waals surface area contributed by atoms with Gasteiger partial charge in [0.25, 0.3) is 5.91 Å². The molecule has 1 N–H and O–H groups in total. The average molecular weight is 265 g/mol. The van der Waals surface area contributed by atoms with Crippen molar-refractivity contribution in [3.05, 3.63) is 35.2 Å². The summed E-state index contributed by atoms with van der Waals surface area (Å²) in [5, 5.41) is 11.0. The highest BCUT2D eigenvalue weighted by molar-refractivity contribution is 5.93. The van der Waals surface area contributed by atoms with E-state index in [1.165, 1.54) is 23.2 Å². The number of aromatic nitrogens is 3. The summed E-state index contributed by atoms with van der Waals surface area (Å²) in [6.45, 7) is 3.86. The lowest BCUT2D eigenvalue weighted by Crippen LogP contribution is -2.17. The minimum absolute atomic E-state index is 0.111. The van der Waals surface area contributed by atoms with Crippen LogP contribution in [0.1, 0.15) is 28.7 Å². The molecule has 1 amide bonds. The lowest BCUT2D eigenvalue weighted by atomic mass is 10.4. The molecule has 19 heavy (non-hydrogen) atoms. The lowest BCUT2D eigenvalue weighted by molar-refractivity contribution is 0.0946. The molecule has 2 aromatic heterocycles. The third-order valence-electron chi connectivity index (χ3n) is 2.33. The normalized spacial score (nSPS) is 11.1. The van der Waals surface area contributed by atoms with Crippen molar-refractivity contribution in [3.63, 3.8) is 0 Å². The van der Waals surface area contributed by atoms with Crippen molar-refractivity contribution in [1.29, 1.82) is 0 Å². The third-order valence-corrected chi connectivity index (χ3v) is 2.33. The number of carbonyl (C=O) groups is 1. The van der Waals surface area contributed by atoms with Crippen LogP contribution in [0.15, 0.2) is 21.9 Å². The number of nitrogens with zero attached hydrogens (tertiary/aromatic N) is 4. The highest BCUT2D eigenvalue weighted by atomic mass is 19.1. The number of hydrazone groups is 1. The second-order valence-electron chi connectivity index (χ2n) is 3.73. The zero-order chi connectivity index (χ0) is 13.8. The largest absolute Gasteiger partial charge is 0.361 e. The Kier molecular flexibility index (Phi) is 3.69. The second kappa shape index (κ2) is 5.42. The summed E-state index contributed by atoms with van der Waals surface area (Å²) in [5.41, 5.74) is 2.52. The Morgan fingerprint density at radius 3 is 3.05 bits per heavy atom. The van der Waals surface area contributed by atoms with Gasteiger partial charge < -0.3 is 4.52 Å². The predicted molar refractivity (Wildman–Crippen MR) is 64.2 cm³/mol. The Morgan fingerprint density at radius 1 is 1.68 bits per heavy atom. The molecule has 0 aliphatic carbocycles. The molecule has 0 bridgehead atoms. The Bertz CT molecular complexity index is 616. The lowest BCUT2D eigenvalue weighted by Gasteiger charge is -1.95. The van der Waals surface area contributed by atoms with Gasteiger partial charge in [0.05, 0.1) is 18.0 Å². The third kappa shape index (κ3) is 2.84. The van der Waals surface area contributed by atoms with Crippen molar-refractivity contribution in [2.75, 3.05) is 0 Å². The molecule has 2 rings (SSSR count). The van der Waals surface area contributed by atoms with Gasteiger partial charge in [0.2, 0.25) is 5.95 Å². The quantitative estimate of drug-likeness (QED) is 0.662. The standard InChI is InChI=1S/C11H12FN5O2/c1-3-17-10(12)8(6-14-17)5-13-15-11(18)9-4-7(2)19-16-9/h4-6H,3H2,1-2H3,(H,15,18)/b13-5-. The van der Waals surface area contributed by atoms with E-state index in [-0.39, 0.29) is 11.3 Å². The SMILES string of the molecule is CCn1ncc(/C=N\NC(=O)c2cc(C)on2)c1F. The molecule has 0 aliphatic rings. The van der Waals surface area contributed by atoms with E-state index in [2.05, 4.69) is 20.8 Å². The maximum absolute atomic E-state index is 13.6. The first kappa shape index (κ1) is 12.9. The van der Waals surface area contributed by atoms with Gasteiger partial charge in [-0.15, -0.1) is 0 Å². The molecule has 100 valence electrons.